The van der Waals surface area contributed by atoms with E-state index in [1.807, 2.05) is 0 Å². The molecule has 2 unspecified atom stereocenters. The van der Waals surface area contributed by atoms with Gasteiger partial charge in [0, 0.05) is 17.8 Å². The molecule has 1 saturated heterocycles. The van der Waals surface area contributed by atoms with Crippen LogP contribution in [0.2, 0.25) is 0 Å². The van der Waals surface area contributed by atoms with Crippen molar-refractivity contribution in [3.8, 4) is 0 Å². The Morgan fingerprint density at radius 2 is 2.12 bits per heavy atom. The Bertz CT molecular complexity index is 191. The quantitative estimate of drug-likeness (QED) is 0.674. The maximum atomic E-state index is 3.53. The molecule has 0 amide bonds. The van der Waals surface area contributed by atoms with E-state index >= 15 is 0 Å². The molecule has 0 aromatic rings. The fraction of sp³-hybridized carbons (Fsp3) is 1.00. The number of hydrogen-bond donors (Lipinski definition) is 1. The van der Waals surface area contributed by atoms with Gasteiger partial charge in [0.25, 0.3) is 0 Å². The standard InChI is InChI=1S/C14H30N2S/c1-12(2)10-15-8-5-6-13(3)16(4)14-7-9-17-11-14/h12-15H,5-11H2,1-4H3. The summed E-state index contributed by atoms with van der Waals surface area (Å²) < 4.78 is 0. The molecule has 0 spiro atoms. The Kier molecular flexibility index (Phi) is 7.56. The normalized spacial score (nSPS) is 22.6. The van der Waals surface area contributed by atoms with E-state index in [9.17, 15) is 0 Å². The Morgan fingerprint density at radius 3 is 2.71 bits per heavy atom. The van der Waals surface area contributed by atoms with Crippen LogP contribution in [0.4, 0.5) is 0 Å². The molecule has 2 nitrogen and oxygen atoms in total. The Morgan fingerprint density at radius 1 is 1.35 bits per heavy atom. The Hall–Kier alpha value is 0.270. The van der Waals surface area contributed by atoms with Crippen molar-refractivity contribution >= 4 is 11.8 Å². The second-order valence-electron chi connectivity index (χ2n) is 5.77. The average Bonchev–Trinajstić information content (AvgIpc) is 2.80. The van der Waals surface area contributed by atoms with Crippen LogP contribution in [0.15, 0.2) is 0 Å². The highest BCUT2D eigenvalue weighted by Crippen LogP contribution is 2.23. The van der Waals surface area contributed by atoms with Crippen molar-refractivity contribution in [2.75, 3.05) is 31.6 Å². The monoisotopic (exact) mass is 258 g/mol. The molecular formula is C14H30N2S. The highest BCUT2D eigenvalue weighted by molar-refractivity contribution is 7.99. The molecule has 1 aliphatic heterocycles. The molecule has 102 valence electrons. The topological polar surface area (TPSA) is 15.3 Å². The minimum atomic E-state index is 0.736. The minimum absolute atomic E-state index is 0.736. The van der Waals surface area contributed by atoms with Gasteiger partial charge in [-0.05, 0) is 58.0 Å². The molecule has 0 radical (unpaired) electrons. The van der Waals surface area contributed by atoms with Crippen molar-refractivity contribution < 1.29 is 0 Å². The third kappa shape index (κ3) is 6.12. The van der Waals surface area contributed by atoms with Crippen molar-refractivity contribution in [1.29, 1.82) is 0 Å². The fourth-order valence-electron chi connectivity index (χ4n) is 2.32. The van der Waals surface area contributed by atoms with Crippen molar-refractivity contribution in [1.82, 2.24) is 10.2 Å². The van der Waals surface area contributed by atoms with Crippen LogP contribution in [-0.2, 0) is 0 Å². The van der Waals surface area contributed by atoms with E-state index in [1.165, 1.54) is 37.3 Å². The van der Waals surface area contributed by atoms with E-state index < -0.39 is 0 Å². The number of hydrogen-bond acceptors (Lipinski definition) is 3. The molecule has 1 aliphatic rings. The zero-order valence-corrected chi connectivity index (χ0v) is 12.9. The van der Waals surface area contributed by atoms with Crippen molar-refractivity contribution in [3.05, 3.63) is 0 Å². The summed E-state index contributed by atoms with van der Waals surface area (Å²) in [5.74, 6) is 3.47. The van der Waals surface area contributed by atoms with Gasteiger partial charge in [0.05, 0.1) is 0 Å². The second kappa shape index (κ2) is 8.39. The maximum Gasteiger partial charge on any atom is 0.0194 e. The average molecular weight is 258 g/mol. The van der Waals surface area contributed by atoms with Gasteiger partial charge in [-0.3, -0.25) is 4.90 Å². The first-order chi connectivity index (χ1) is 8.11. The summed E-state index contributed by atoms with van der Waals surface area (Å²) in [6, 6.07) is 1.57. The van der Waals surface area contributed by atoms with Crippen LogP contribution in [-0.4, -0.2) is 48.6 Å². The summed E-state index contributed by atoms with van der Waals surface area (Å²) in [7, 11) is 2.31. The third-order valence-electron chi connectivity index (χ3n) is 3.70. The lowest BCUT2D eigenvalue weighted by molar-refractivity contribution is 0.188. The molecule has 17 heavy (non-hydrogen) atoms. The molecule has 2 atom stereocenters. The Balaban J connectivity index is 2.05. The van der Waals surface area contributed by atoms with Gasteiger partial charge in [0.1, 0.15) is 0 Å². The summed E-state index contributed by atoms with van der Waals surface area (Å²) in [4.78, 5) is 2.60. The molecule has 1 rings (SSSR count). The summed E-state index contributed by atoms with van der Waals surface area (Å²) in [5.41, 5.74) is 0. The number of nitrogens with zero attached hydrogens (tertiary/aromatic N) is 1. The first kappa shape index (κ1) is 15.3. The zero-order valence-electron chi connectivity index (χ0n) is 12.0. The first-order valence-electron chi connectivity index (χ1n) is 7.11. The lowest BCUT2D eigenvalue weighted by atomic mass is 10.1. The molecule has 0 aromatic carbocycles. The SMILES string of the molecule is CC(C)CNCCCC(C)N(C)C1CCSC1. The van der Waals surface area contributed by atoms with Crippen LogP contribution in [0.25, 0.3) is 0 Å². The third-order valence-corrected chi connectivity index (χ3v) is 4.85. The van der Waals surface area contributed by atoms with E-state index in [4.69, 9.17) is 0 Å². The highest BCUT2D eigenvalue weighted by atomic mass is 32.2. The molecule has 0 bridgehead atoms. The molecule has 3 heteroatoms. The summed E-state index contributed by atoms with van der Waals surface area (Å²) in [6.45, 7) is 9.24. The second-order valence-corrected chi connectivity index (χ2v) is 6.92. The van der Waals surface area contributed by atoms with Crippen LogP contribution in [0.5, 0.6) is 0 Å². The van der Waals surface area contributed by atoms with Gasteiger partial charge in [-0.15, -0.1) is 0 Å². The van der Waals surface area contributed by atoms with Gasteiger partial charge < -0.3 is 5.32 Å². The van der Waals surface area contributed by atoms with Gasteiger partial charge >= 0.3 is 0 Å². The van der Waals surface area contributed by atoms with E-state index in [0.29, 0.717) is 0 Å². The van der Waals surface area contributed by atoms with Crippen molar-refractivity contribution in [3.63, 3.8) is 0 Å². The van der Waals surface area contributed by atoms with Crippen molar-refractivity contribution in [2.24, 2.45) is 5.92 Å². The number of rotatable bonds is 8. The maximum absolute atomic E-state index is 3.53. The summed E-state index contributed by atoms with van der Waals surface area (Å²) in [5, 5.41) is 3.53. The van der Waals surface area contributed by atoms with Gasteiger partial charge in [-0.1, -0.05) is 13.8 Å². The van der Waals surface area contributed by atoms with E-state index in [1.54, 1.807) is 0 Å². The van der Waals surface area contributed by atoms with Crippen LogP contribution in [0, 0.1) is 5.92 Å². The predicted molar refractivity (Wildman–Crippen MR) is 79.9 cm³/mol. The largest absolute Gasteiger partial charge is 0.316 e. The molecule has 1 N–H and O–H groups in total. The molecule has 1 fully saturated rings. The molecule has 0 aliphatic carbocycles. The van der Waals surface area contributed by atoms with E-state index in [2.05, 4.69) is 49.8 Å². The fourth-order valence-corrected chi connectivity index (χ4v) is 3.60. The van der Waals surface area contributed by atoms with Crippen molar-refractivity contribution in [2.45, 2.75) is 52.1 Å². The number of thioether (sulfide) groups is 1. The Labute approximate surface area is 112 Å². The lowest BCUT2D eigenvalue weighted by Crippen LogP contribution is -2.39. The highest BCUT2D eigenvalue weighted by Gasteiger charge is 2.23. The van der Waals surface area contributed by atoms with Crippen LogP contribution in [0.1, 0.15) is 40.0 Å². The van der Waals surface area contributed by atoms with E-state index in [-0.39, 0.29) is 0 Å². The lowest BCUT2D eigenvalue weighted by Gasteiger charge is -2.30. The van der Waals surface area contributed by atoms with Gasteiger partial charge in [-0.2, -0.15) is 11.8 Å². The van der Waals surface area contributed by atoms with Gasteiger partial charge in [0.15, 0.2) is 0 Å². The minimum Gasteiger partial charge on any atom is -0.316 e. The van der Waals surface area contributed by atoms with Crippen LogP contribution >= 0.6 is 11.8 Å². The zero-order chi connectivity index (χ0) is 12.7. The molecular weight excluding hydrogens is 228 g/mol. The van der Waals surface area contributed by atoms with Crippen LogP contribution in [0.3, 0.4) is 0 Å². The molecule has 0 aromatic heterocycles. The van der Waals surface area contributed by atoms with Crippen LogP contribution < -0.4 is 5.32 Å². The summed E-state index contributed by atoms with van der Waals surface area (Å²) in [6.07, 6.45) is 4.01. The predicted octanol–water partition coefficient (Wildman–Crippen LogP) is 2.84. The first-order valence-corrected chi connectivity index (χ1v) is 8.27. The molecule has 1 heterocycles. The van der Waals surface area contributed by atoms with Gasteiger partial charge in [0.2, 0.25) is 0 Å². The van der Waals surface area contributed by atoms with Gasteiger partial charge in [-0.25, -0.2) is 0 Å². The smallest absolute Gasteiger partial charge is 0.0194 e. The number of nitrogens with one attached hydrogen (secondary N) is 1. The molecule has 0 saturated carbocycles. The summed E-state index contributed by atoms with van der Waals surface area (Å²) >= 11 is 2.11. The van der Waals surface area contributed by atoms with E-state index in [0.717, 1.165) is 24.5 Å².